The second kappa shape index (κ2) is 15.6. The number of nitrogens with zero attached hydrogens (tertiary/aromatic N) is 2. The molecule has 3 aromatic heterocycles. The molecule has 0 amide bonds. The van der Waals surface area contributed by atoms with Gasteiger partial charge in [-0.2, -0.15) is 0 Å². The lowest BCUT2D eigenvalue weighted by atomic mass is 10.0. The van der Waals surface area contributed by atoms with Crippen LogP contribution in [0, 0.1) is 0 Å². The van der Waals surface area contributed by atoms with Crippen molar-refractivity contribution < 1.29 is 0 Å². The van der Waals surface area contributed by atoms with Crippen molar-refractivity contribution in [1.82, 2.24) is 19.9 Å². The van der Waals surface area contributed by atoms with E-state index in [4.69, 9.17) is 56.4 Å². The van der Waals surface area contributed by atoms with Gasteiger partial charge in [0.25, 0.3) is 0 Å². The summed E-state index contributed by atoms with van der Waals surface area (Å²) in [5.74, 6) is 1.75. The third-order valence-electron chi connectivity index (χ3n) is 10.3. The first-order valence-electron chi connectivity index (χ1n) is 18.3. The molecule has 0 radical (unpaired) electrons. The number of benzene rings is 4. The van der Waals surface area contributed by atoms with E-state index in [-0.39, 0.29) is 0 Å². The minimum atomic E-state index is 0.438. The van der Waals surface area contributed by atoms with E-state index in [1.165, 1.54) is 0 Å². The van der Waals surface area contributed by atoms with Crippen LogP contribution >= 0.6 is 46.4 Å². The normalized spacial score (nSPS) is 12.1. The molecule has 8 heteroatoms. The van der Waals surface area contributed by atoms with E-state index < -0.39 is 0 Å². The van der Waals surface area contributed by atoms with Crippen LogP contribution in [-0.4, -0.2) is 19.9 Å². The molecule has 0 saturated heterocycles. The number of aromatic nitrogens is 4. The summed E-state index contributed by atoms with van der Waals surface area (Å²) in [5, 5.41) is 0. The first-order valence-corrected chi connectivity index (χ1v) is 20.4. The van der Waals surface area contributed by atoms with E-state index in [9.17, 15) is 0 Å². The molecule has 0 unspecified atom stereocenters. The SMILES string of the molecule is ClCc1ccc(-c2c3nc(c(-c4ccc(CCl)cc4)c4ccc([nH]4)c(-c4ccc(CCl)cc4)c4nc(c(-c5ccc(CCl)cc5)c5ccc2[nH]5)C=C4)C=C3)cc1. The third kappa shape index (κ3) is 6.88. The van der Waals surface area contributed by atoms with Gasteiger partial charge in [0, 0.05) is 67.8 Å². The van der Waals surface area contributed by atoms with Gasteiger partial charge >= 0.3 is 0 Å². The maximum atomic E-state index is 6.23. The molecule has 274 valence electrons. The van der Waals surface area contributed by atoms with Crippen LogP contribution in [0.5, 0.6) is 0 Å². The second-order valence-electron chi connectivity index (χ2n) is 13.8. The van der Waals surface area contributed by atoms with Crippen LogP contribution in [0.1, 0.15) is 45.0 Å². The molecule has 2 aliphatic rings. The highest BCUT2D eigenvalue weighted by Crippen LogP contribution is 2.39. The average Bonchev–Trinajstić information content (AvgIpc) is 4.10. The Bertz CT molecular complexity index is 2430. The Morgan fingerprint density at radius 1 is 0.304 bits per heavy atom. The lowest BCUT2D eigenvalue weighted by Crippen LogP contribution is -1.90. The molecule has 2 aliphatic heterocycles. The Morgan fingerprint density at radius 2 is 0.518 bits per heavy atom. The molecule has 2 N–H and O–H groups in total. The van der Waals surface area contributed by atoms with Crippen LogP contribution < -0.4 is 0 Å². The van der Waals surface area contributed by atoms with Crippen molar-refractivity contribution in [3.63, 3.8) is 0 Å². The molecule has 0 aliphatic carbocycles. The second-order valence-corrected chi connectivity index (χ2v) is 14.9. The maximum Gasteiger partial charge on any atom is 0.0737 e. The number of halogens is 4. The molecule has 8 bridgehead atoms. The first-order chi connectivity index (χ1) is 27.5. The molecule has 5 heterocycles. The summed E-state index contributed by atoms with van der Waals surface area (Å²) < 4.78 is 0. The van der Waals surface area contributed by atoms with Gasteiger partial charge in [-0.25, -0.2) is 9.97 Å². The number of H-pyrrole nitrogens is 2. The standard InChI is InChI=1S/C48H34Cl4N4/c49-25-29-1-9-33(10-2-29)45-37-17-19-39(53-37)46(34-11-3-30(26-50)4-12-34)41-21-23-43(55-41)48(36-15-7-32(28-52)8-16-36)44-24-22-42(56-44)47(40-20-18-38(45)54-40)35-13-5-31(27-51)6-14-35/h1-24,53,56H,25-28H2. The number of rotatable bonds is 8. The number of nitrogens with one attached hydrogen (secondary N) is 2. The molecule has 4 aromatic carbocycles. The van der Waals surface area contributed by atoms with E-state index in [0.717, 1.165) is 112 Å². The van der Waals surface area contributed by atoms with E-state index >= 15 is 0 Å². The van der Waals surface area contributed by atoms with E-state index in [1.54, 1.807) is 0 Å². The Kier molecular flexibility index (Phi) is 10.1. The molecule has 0 saturated carbocycles. The minimum Gasteiger partial charge on any atom is -0.354 e. The van der Waals surface area contributed by atoms with Crippen molar-refractivity contribution in [2.75, 3.05) is 0 Å². The maximum absolute atomic E-state index is 6.23. The summed E-state index contributed by atoms with van der Waals surface area (Å²) in [6, 6.07) is 42.0. The van der Waals surface area contributed by atoms with Crippen molar-refractivity contribution in [1.29, 1.82) is 0 Å². The van der Waals surface area contributed by atoms with Gasteiger partial charge < -0.3 is 9.97 Å². The van der Waals surface area contributed by atoms with Gasteiger partial charge in [-0.3, -0.25) is 0 Å². The van der Waals surface area contributed by atoms with Gasteiger partial charge in [0.1, 0.15) is 0 Å². The molecule has 0 fully saturated rings. The van der Waals surface area contributed by atoms with Crippen molar-refractivity contribution in [3.05, 3.63) is 166 Å². The Labute approximate surface area is 345 Å². The fourth-order valence-electron chi connectivity index (χ4n) is 7.46. The van der Waals surface area contributed by atoms with Gasteiger partial charge in [-0.1, -0.05) is 97.1 Å². The Morgan fingerprint density at radius 3 is 0.714 bits per heavy atom. The third-order valence-corrected chi connectivity index (χ3v) is 11.6. The van der Waals surface area contributed by atoms with Crippen LogP contribution in [0.15, 0.2) is 121 Å². The summed E-state index contributed by atoms with van der Waals surface area (Å²) in [4.78, 5) is 18.4. The largest absolute Gasteiger partial charge is 0.354 e. The Hall–Kier alpha value is -5.36. The lowest BCUT2D eigenvalue weighted by molar-refractivity contribution is 1.30. The summed E-state index contributed by atoms with van der Waals surface area (Å²) >= 11 is 24.9. The summed E-state index contributed by atoms with van der Waals surface area (Å²) in [6.45, 7) is 0. The summed E-state index contributed by atoms with van der Waals surface area (Å²) in [6.07, 6.45) is 8.41. The van der Waals surface area contributed by atoms with Crippen LogP contribution in [0.4, 0.5) is 0 Å². The number of alkyl halides is 4. The van der Waals surface area contributed by atoms with Gasteiger partial charge in [0.2, 0.25) is 0 Å². The van der Waals surface area contributed by atoms with Crippen LogP contribution in [0.2, 0.25) is 0 Å². The molecule has 4 nitrogen and oxygen atoms in total. The van der Waals surface area contributed by atoms with Crippen LogP contribution in [0.25, 0.3) is 90.9 Å². The molecule has 9 rings (SSSR count). The zero-order valence-electron chi connectivity index (χ0n) is 30.1. The number of fused-ring (bicyclic) bond motifs is 8. The van der Waals surface area contributed by atoms with Crippen molar-refractivity contribution in [2.45, 2.75) is 23.5 Å². The summed E-state index contributed by atoms with van der Waals surface area (Å²) in [7, 11) is 0. The van der Waals surface area contributed by atoms with E-state index in [2.05, 4.69) is 156 Å². The minimum absolute atomic E-state index is 0.438. The molecular formula is C48H34Cl4N4. The smallest absolute Gasteiger partial charge is 0.0737 e. The fraction of sp³-hybridized carbons (Fsp3) is 0.0833. The quantitative estimate of drug-likeness (QED) is 0.150. The van der Waals surface area contributed by atoms with Gasteiger partial charge in [-0.15, -0.1) is 46.4 Å². The van der Waals surface area contributed by atoms with Crippen LogP contribution in [-0.2, 0) is 23.5 Å². The topological polar surface area (TPSA) is 57.4 Å². The van der Waals surface area contributed by atoms with E-state index in [0.29, 0.717) is 23.5 Å². The number of hydrogen-bond acceptors (Lipinski definition) is 2. The van der Waals surface area contributed by atoms with Gasteiger partial charge in [0.05, 0.1) is 22.8 Å². The molecular weight excluding hydrogens is 774 g/mol. The van der Waals surface area contributed by atoms with Crippen LogP contribution in [0.3, 0.4) is 0 Å². The molecule has 56 heavy (non-hydrogen) atoms. The molecule has 7 aromatic rings. The highest BCUT2D eigenvalue weighted by atomic mass is 35.5. The highest BCUT2D eigenvalue weighted by molar-refractivity contribution is 6.18. The van der Waals surface area contributed by atoms with E-state index in [1.807, 2.05) is 0 Å². The van der Waals surface area contributed by atoms with Crippen molar-refractivity contribution in [3.8, 4) is 44.5 Å². The fourth-order valence-corrected chi connectivity index (χ4v) is 8.17. The molecule has 0 atom stereocenters. The summed E-state index contributed by atoms with van der Waals surface area (Å²) in [5.41, 5.74) is 19.3. The zero-order chi connectivity index (χ0) is 38.2. The highest BCUT2D eigenvalue weighted by Gasteiger charge is 2.19. The monoisotopic (exact) mass is 806 g/mol. The molecule has 0 spiro atoms. The number of aromatic amines is 2. The first kappa shape index (κ1) is 36.3. The average molecular weight is 809 g/mol. The zero-order valence-corrected chi connectivity index (χ0v) is 33.1. The lowest BCUT2D eigenvalue weighted by Gasteiger charge is -2.08. The Balaban J connectivity index is 1.44. The van der Waals surface area contributed by atoms with Crippen molar-refractivity contribution in [2.24, 2.45) is 0 Å². The van der Waals surface area contributed by atoms with Gasteiger partial charge in [-0.05, 0) is 93.1 Å². The van der Waals surface area contributed by atoms with Crippen molar-refractivity contribution >= 4 is 92.8 Å². The number of hydrogen-bond donors (Lipinski definition) is 2. The predicted octanol–water partition coefficient (Wildman–Crippen LogP) is 14.3. The van der Waals surface area contributed by atoms with Gasteiger partial charge in [0.15, 0.2) is 0 Å². The predicted molar refractivity (Wildman–Crippen MR) is 239 cm³/mol.